The van der Waals surface area contributed by atoms with Crippen LogP contribution >= 0.6 is 0 Å². The summed E-state index contributed by atoms with van der Waals surface area (Å²) in [6.45, 7) is 4.01. The maximum atomic E-state index is 17.2. The molecule has 33 heavy (non-hydrogen) atoms. The van der Waals surface area contributed by atoms with Gasteiger partial charge in [-0.3, -0.25) is 0 Å². The van der Waals surface area contributed by atoms with Crippen LogP contribution in [0.2, 0.25) is 0 Å². The minimum absolute atomic E-state index is 0.00101. The smallest absolute Gasteiger partial charge is 0.116 e. The van der Waals surface area contributed by atoms with E-state index >= 15 is 8.78 Å². The van der Waals surface area contributed by atoms with Crippen molar-refractivity contribution in [1.29, 1.82) is 5.26 Å². The molecule has 0 aliphatic heterocycles. The molecule has 0 N–H and O–H groups in total. The predicted molar refractivity (Wildman–Crippen MR) is 133 cm³/mol. The molecule has 2 aromatic carbocycles. The zero-order chi connectivity index (χ0) is 23.4. The number of halogens is 2. The highest BCUT2D eigenvalue weighted by atomic mass is 19.1. The van der Waals surface area contributed by atoms with Gasteiger partial charge in [0.1, 0.15) is 11.8 Å². The van der Waals surface area contributed by atoms with Crippen molar-refractivity contribution in [2.45, 2.75) is 95.8 Å². The summed E-state index contributed by atoms with van der Waals surface area (Å²) in [5, 5.41) is 12.1. The van der Waals surface area contributed by atoms with Crippen molar-refractivity contribution < 1.29 is 8.78 Å². The Morgan fingerprint density at radius 3 is 2.52 bits per heavy atom. The van der Waals surface area contributed by atoms with Crippen molar-refractivity contribution in [2.75, 3.05) is 0 Å². The standard InChI is InChI=1S/C30H39F2N/c1-3-4-5-12-22-13-7-9-17-26(22)30(2,32)27-18-19-28(31)25(20-33)29(27)24-16-10-14-21-11-6-8-15-23(21)24/h6,8,10-11,14-16,22,25-29H,3-5,7,9,12-13,17-19H2,1-2H3. The van der Waals surface area contributed by atoms with E-state index in [0.29, 0.717) is 12.3 Å². The lowest BCUT2D eigenvalue weighted by atomic mass is 9.57. The molecule has 0 amide bonds. The van der Waals surface area contributed by atoms with E-state index in [1.54, 1.807) is 6.92 Å². The van der Waals surface area contributed by atoms with Crippen molar-refractivity contribution in [1.82, 2.24) is 0 Å². The molecule has 7 atom stereocenters. The Bertz CT molecular complexity index is 956. The normalized spacial score (nSPS) is 32.2. The third kappa shape index (κ3) is 4.82. The van der Waals surface area contributed by atoms with Gasteiger partial charge in [0.2, 0.25) is 0 Å². The monoisotopic (exact) mass is 451 g/mol. The topological polar surface area (TPSA) is 23.8 Å². The molecular weight excluding hydrogens is 412 g/mol. The average molecular weight is 452 g/mol. The van der Waals surface area contributed by atoms with Crippen LogP contribution in [0.25, 0.3) is 10.8 Å². The largest absolute Gasteiger partial charge is 0.246 e. The van der Waals surface area contributed by atoms with E-state index in [9.17, 15) is 5.26 Å². The van der Waals surface area contributed by atoms with Crippen LogP contribution in [0.15, 0.2) is 42.5 Å². The van der Waals surface area contributed by atoms with E-state index in [2.05, 4.69) is 13.0 Å². The summed E-state index contributed by atoms with van der Waals surface area (Å²) >= 11 is 0. The van der Waals surface area contributed by atoms with E-state index in [1.807, 2.05) is 42.5 Å². The molecule has 178 valence electrons. The van der Waals surface area contributed by atoms with Crippen LogP contribution in [-0.2, 0) is 0 Å². The molecule has 4 rings (SSSR count). The molecule has 7 unspecified atom stereocenters. The second kappa shape index (κ2) is 10.5. The summed E-state index contributed by atoms with van der Waals surface area (Å²) in [5.74, 6) is -1.15. The van der Waals surface area contributed by atoms with Crippen LogP contribution in [0.4, 0.5) is 8.78 Å². The number of benzene rings is 2. The van der Waals surface area contributed by atoms with Crippen molar-refractivity contribution in [3.63, 3.8) is 0 Å². The van der Waals surface area contributed by atoms with Crippen LogP contribution in [0.1, 0.15) is 89.5 Å². The highest BCUT2D eigenvalue weighted by Crippen LogP contribution is 2.55. The van der Waals surface area contributed by atoms with Crippen molar-refractivity contribution in [2.24, 2.45) is 23.7 Å². The van der Waals surface area contributed by atoms with E-state index in [0.717, 1.165) is 42.0 Å². The molecule has 0 aromatic heterocycles. The number of alkyl halides is 2. The first-order valence-electron chi connectivity index (χ1n) is 13.2. The number of hydrogen-bond acceptors (Lipinski definition) is 1. The van der Waals surface area contributed by atoms with Crippen LogP contribution in [-0.4, -0.2) is 11.8 Å². The lowest BCUT2D eigenvalue weighted by Crippen LogP contribution is -2.49. The summed E-state index contributed by atoms with van der Waals surface area (Å²) in [6.07, 6.45) is 8.53. The summed E-state index contributed by atoms with van der Waals surface area (Å²) in [7, 11) is 0. The van der Waals surface area contributed by atoms with Crippen LogP contribution in [0.3, 0.4) is 0 Å². The Morgan fingerprint density at radius 1 is 0.970 bits per heavy atom. The molecule has 3 heteroatoms. The molecule has 2 aromatic rings. The fourth-order valence-corrected chi connectivity index (χ4v) is 7.15. The van der Waals surface area contributed by atoms with Gasteiger partial charge < -0.3 is 0 Å². The van der Waals surface area contributed by atoms with Crippen molar-refractivity contribution in [3.05, 3.63) is 48.0 Å². The highest BCUT2D eigenvalue weighted by molar-refractivity contribution is 5.86. The quantitative estimate of drug-likeness (QED) is 0.385. The van der Waals surface area contributed by atoms with E-state index in [-0.39, 0.29) is 18.3 Å². The average Bonchev–Trinajstić information content (AvgIpc) is 2.83. The molecule has 2 aliphatic rings. The Kier molecular flexibility index (Phi) is 7.72. The van der Waals surface area contributed by atoms with Crippen molar-refractivity contribution >= 4 is 10.8 Å². The molecule has 0 spiro atoms. The maximum Gasteiger partial charge on any atom is 0.116 e. The van der Waals surface area contributed by atoms with Gasteiger partial charge in [-0.2, -0.15) is 5.26 Å². The number of nitriles is 1. The summed E-state index contributed by atoms with van der Waals surface area (Å²) in [4.78, 5) is 0. The summed E-state index contributed by atoms with van der Waals surface area (Å²) in [6, 6.07) is 16.4. The van der Waals surface area contributed by atoms with E-state index < -0.39 is 23.7 Å². The van der Waals surface area contributed by atoms with Crippen LogP contribution in [0.5, 0.6) is 0 Å². The fraction of sp³-hybridized carbons (Fsp3) is 0.633. The van der Waals surface area contributed by atoms with E-state index in [4.69, 9.17) is 0 Å². The SMILES string of the molecule is CCCCCC1CCCCC1C(C)(F)C1CCC(F)C(C#N)C1c1cccc2ccccc12. The first kappa shape index (κ1) is 24.2. The van der Waals surface area contributed by atoms with Gasteiger partial charge in [-0.05, 0) is 54.4 Å². The lowest BCUT2D eigenvalue weighted by molar-refractivity contribution is -0.0548. The Labute approximate surface area is 198 Å². The number of nitrogens with zero attached hydrogens (tertiary/aromatic N) is 1. The first-order chi connectivity index (χ1) is 16.0. The summed E-state index contributed by atoms with van der Waals surface area (Å²) < 4.78 is 32.3. The second-order valence-corrected chi connectivity index (χ2v) is 10.7. The zero-order valence-corrected chi connectivity index (χ0v) is 20.3. The van der Waals surface area contributed by atoms with E-state index in [1.165, 1.54) is 25.7 Å². The Balaban J connectivity index is 1.74. The maximum absolute atomic E-state index is 17.2. The zero-order valence-electron chi connectivity index (χ0n) is 20.3. The molecule has 0 bridgehead atoms. The fourth-order valence-electron chi connectivity index (χ4n) is 7.15. The van der Waals surface area contributed by atoms with Gasteiger partial charge >= 0.3 is 0 Å². The molecule has 0 heterocycles. The Hall–Kier alpha value is -1.95. The molecule has 0 saturated heterocycles. The highest BCUT2D eigenvalue weighted by Gasteiger charge is 2.53. The minimum Gasteiger partial charge on any atom is -0.246 e. The summed E-state index contributed by atoms with van der Waals surface area (Å²) in [5.41, 5.74) is -0.456. The van der Waals surface area contributed by atoms with Gasteiger partial charge in [0.15, 0.2) is 0 Å². The van der Waals surface area contributed by atoms with Crippen molar-refractivity contribution in [3.8, 4) is 6.07 Å². The van der Waals surface area contributed by atoms with Gasteiger partial charge in [0.05, 0.1) is 12.0 Å². The third-order valence-electron chi connectivity index (χ3n) is 8.83. The lowest BCUT2D eigenvalue weighted by Gasteiger charge is -2.49. The second-order valence-electron chi connectivity index (χ2n) is 10.7. The number of rotatable bonds is 7. The van der Waals surface area contributed by atoms with Gasteiger partial charge in [0.25, 0.3) is 0 Å². The molecule has 1 nitrogen and oxygen atoms in total. The van der Waals surface area contributed by atoms with Crippen LogP contribution < -0.4 is 0 Å². The van der Waals surface area contributed by atoms with Gasteiger partial charge in [0, 0.05) is 11.8 Å². The van der Waals surface area contributed by atoms with Crippen LogP contribution in [0, 0.1) is 35.0 Å². The number of unbranched alkanes of at least 4 members (excludes halogenated alkanes) is 2. The number of fused-ring (bicyclic) bond motifs is 1. The van der Waals surface area contributed by atoms with Gasteiger partial charge in [-0.1, -0.05) is 94.3 Å². The predicted octanol–water partition coefficient (Wildman–Crippen LogP) is 8.93. The molecular formula is C30H39F2N. The Morgan fingerprint density at radius 2 is 1.73 bits per heavy atom. The third-order valence-corrected chi connectivity index (χ3v) is 8.83. The van der Waals surface area contributed by atoms with Gasteiger partial charge in [-0.25, -0.2) is 8.78 Å². The molecule has 2 aliphatic carbocycles. The molecule has 2 fully saturated rings. The minimum atomic E-state index is -1.41. The number of hydrogen-bond donors (Lipinski definition) is 0. The molecule has 2 saturated carbocycles. The molecule has 0 radical (unpaired) electrons. The van der Waals surface area contributed by atoms with Gasteiger partial charge in [-0.15, -0.1) is 0 Å². The first-order valence-corrected chi connectivity index (χ1v) is 13.2.